The molecule has 2 aliphatic carbocycles. The lowest BCUT2D eigenvalue weighted by molar-refractivity contribution is -0.274. The minimum absolute atomic E-state index is 0.126. The summed E-state index contributed by atoms with van der Waals surface area (Å²) in [5.41, 5.74) is 3.38. The van der Waals surface area contributed by atoms with E-state index in [0.717, 1.165) is 29.2 Å². The van der Waals surface area contributed by atoms with E-state index in [1.807, 2.05) is 13.0 Å². The van der Waals surface area contributed by atoms with Crippen LogP contribution in [0.5, 0.6) is 5.75 Å². The monoisotopic (exact) mass is 484 g/mol. The smallest absolute Gasteiger partial charge is 0.404 e. The number of halogens is 3. The van der Waals surface area contributed by atoms with Crippen molar-refractivity contribution in [1.82, 2.24) is 9.97 Å². The molecule has 2 aliphatic rings. The van der Waals surface area contributed by atoms with Crippen molar-refractivity contribution in [2.45, 2.75) is 13.3 Å². The Balaban J connectivity index is 1.89. The number of fused-ring (bicyclic) bond motifs is 7. The molecule has 0 aromatic carbocycles. The zero-order chi connectivity index (χ0) is 25.1. The number of pyridine rings is 2. The number of ether oxygens (including phenoxy) is 1. The quantitative estimate of drug-likeness (QED) is 0.211. The summed E-state index contributed by atoms with van der Waals surface area (Å²) in [6, 6.07) is 6.62. The second-order valence-electron chi connectivity index (χ2n) is 7.43. The van der Waals surface area contributed by atoms with Crippen LogP contribution in [0.15, 0.2) is 35.9 Å². The van der Waals surface area contributed by atoms with Crippen molar-refractivity contribution in [3.8, 4) is 40.4 Å². The van der Waals surface area contributed by atoms with Gasteiger partial charge in [0.25, 0.3) is 11.4 Å². The van der Waals surface area contributed by atoms with Crippen LogP contribution < -0.4 is 4.74 Å². The van der Waals surface area contributed by atoms with E-state index in [4.69, 9.17) is 13.1 Å². The number of nitrogens with zero attached hydrogens (tertiary/aromatic N) is 6. The van der Waals surface area contributed by atoms with Crippen molar-refractivity contribution >= 4 is 22.5 Å². The standard InChI is InChI=1S/C24H7F3N6OS/c1-10-4-12-16(14(6-28)30-2)22-18(20(12)32-8-10)19-21-13(5-11(9-33-21)34-24(25,26)27)17(23(19)35-22)15(7-29)31-3/h4-5,8-9H,1H3/b16-14+,17-15-. The number of hydrogen-bond acceptors (Lipinski definition) is 6. The number of rotatable bonds is 1. The molecule has 3 aromatic heterocycles. The number of thiophene rings is 1. The Hall–Kier alpha value is -4.97. The topological polar surface area (TPSA) is 91.3 Å². The van der Waals surface area contributed by atoms with Gasteiger partial charge in [-0.25, -0.2) is 20.2 Å². The lowest BCUT2D eigenvalue weighted by Crippen LogP contribution is -2.17. The van der Waals surface area contributed by atoms with Gasteiger partial charge in [0.05, 0.1) is 42.9 Å². The maximum atomic E-state index is 12.8. The van der Waals surface area contributed by atoms with Gasteiger partial charge in [0.15, 0.2) is 0 Å². The van der Waals surface area contributed by atoms with Gasteiger partial charge < -0.3 is 4.74 Å². The van der Waals surface area contributed by atoms with Gasteiger partial charge in [0.1, 0.15) is 5.75 Å². The molecule has 3 aromatic rings. The average molecular weight is 484 g/mol. The third-order valence-corrected chi connectivity index (χ3v) is 6.63. The molecule has 0 spiro atoms. The molecule has 0 atom stereocenters. The molecule has 0 bridgehead atoms. The van der Waals surface area contributed by atoms with Crippen LogP contribution in [0.4, 0.5) is 13.2 Å². The lowest BCUT2D eigenvalue weighted by Gasteiger charge is -2.10. The summed E-state index contributed by atoms with van der Waals surface area (Å²) in [7, 11) is 0. The first-order valence-electron chi connectivity index (χ1n) is 9.67. The molecule has 35 heavy (non-hydrogen) atoms. The summed E-state index contributed by atoms with van der Waals surface area (Å²) < 4.78 is 42.5. The maximum Gasteiger partial charge on any atom is 0.573 e. The fourth-order valence-corrected chi connectivity index (χ4v) is 5.63. The van der Waals surface area contributed by atoms with Crippen molar-refractivity contribution in [2.24, 2.45) is 0 Å². The van der Waals surface area contributed by atoms with Crippen molar-refractivity contribution in [3.63, 3.8) is 0 Å². The normalized spacial score (nSPS) is 15.4. The summed E-state index contributed by atoms with van der Waals surface area (Å²) in [5, 5.41) is 19.2. The van der Waals surface area contributed by atoms with Gasteiger partial charge in [-0.05, 0) is 24.6 Å². The van der Waals surface area contributed by atoms with Crippen molar-refractivity contribution < 1.29 is 17.9 Å². The van der Waals surface area contributed by atoms with Crippen LogP contribution in [0.1, 0.15) is 26.4 Å². The number of aromatic nitrogens is 2. The van der Waals surface area contributed by atoms with E-state index in [2.05, 4.69) is 24.4 Å². The molecule has 7 nitrogen and oxygen atoms in total. The Bertz CT molecular complexity index is 1690. The van der Waals surface area contributed by atoms with E-state index in [1.165, 1.54) is 0 Å². The Kier molecular flexibility index (Phi) is 4.70. The highest BCUT2D eigenvalue weighted by Crippen LogP contribution is 2.60. The van der Waals surface area contributed by atoms with Crippen molar-refractivity contribution in [1.29, 1.82) is 10.5 Å². The fourth-order valence-electron chi connectivity index (χ4n) is 4.21. The third kappa shape index (κ3) is 3.15. The Morgan fingerprint density at radius 3 is 1.94 bits per heavy atom. The van der Waals surface area contributed by atoms with E-state index in [-0.39, 0.29) is 28.2 Å². The van der Waals surface area contributed by atoms with Crippen LogP contribution >= 0.6 is 11.3 Å². The number of nitriles is 2. The van der Waals surface area contributed by atoms with Gasteiger partial charge in [0.2, 0.25) is 0 Å². The van der Waals surface area contributed by atoms with Gasteiger partial charge in [-0.2, -0.15) is 0 Å². The molecular formula is C24H7F3N6OS. The van der Waals surface area contributed by atoms with Gasteiger partial charge in [-0.3, -0.25) is 9.97 Å². The SMILES string of the molecule is [C-]#[N+]/C(C#N)=C1/c2cc(OC(F)(F)F)cnc2-c2c1sc1c2-c2ncc(C)cc2/C1=C(/C#N)[N+]#[C-]. The Labute approximate surface area is 199 Å². The van der Waals surface area contributed by atoms with E-state index in [1.54, 1.807) is 18.3 Å². The minimum atomic E-state index is -4.95. The maximum absolute atomic E-state index is 12.8. The molecule has 0 saturated carbocycles. The second-order valence-corrected chi connectivity index (χ2v) is 8.45. The van der Waals surface area contributed by atoms with E-state index in [0.29, 0.717) is 37.7 Å². The predicted molar refractivity (Wildman–Crippen MR) is 119 cm³/mol. The van der Waals surface area contributed by atoms with Gasteiger partial charge in [-0.1, -0.05) is 0 Å². The molecule has 0 radical (unpaired) electrons. The molecular weight excluding hydrogens is 477 g/mol. The highest BCUT2D eigenvalue weighted by atomic mass is 32.1. The zero-order valence-corrected chi connectivity index (χ0v) is 18.3. The molecule has 0 N–H and O–H groups in total. The van der Waals surface area contributed by atoms with Gasteiger partial charge in [-0.15, -0.1) is 24.5 Å². The highest BCUT2D eigenvalue weighted by molar-refractivity contribution is 7.16. The number of allylic oxidation sites excluding steroid dienone is 2. The van der Waals surface area contributed by atoms with E-state index >= 15 is 0 Å². The highest BCUT2D eigenvalue weighted by Gasteiger charge is 2.41. The number of aryl methyl sites for hydroxylation is 1. The van der Waals surface area contributed by atoms with Crippen molar-refractivity contribution in [3.05, 3.63) is 85.2 Å². The minimum Gasteiger partial charge on any atom is -0.404 e. The summed E-state index contributed by atoms with van der Waals surface area (Å²) in [6.07, 6.45) is -2.40. The van der Waals surface area contributed by atoms with E-state index < -0.39 is 12.1 Å². The van der Waals surface area contributed by atoms with Crippen LogP contribution in [0.25, 0.3) is 43.4 Å². The summed E-state index contributed by atoms with van der Waals surface area (Å²) in [6.45, 7) is 16.7. The second kappa shape index (κ2) is 7.53. The third-order valence-electron chi connectivity index (χ3n) is 5.40. The molecule has 3 heterocycles. The van der Waals surface area contributed by atoms with Crippen LogP contribution in [0, 0.1) is 42.7 Å². The van der Waals surface area contributed by atoms with Gasteiger partial charge in [0, 0.05) is 49.4 Å². The zero-order valence-electron chi connectivity index (χ0n) is 17.4. The number of hydrogen-bond donors (Lipinski definition) is 0. The summed E-state index contributed by atoms with van der Waals surface area (Å²) in [5.74, 6) is -0.586. The van der Waals surface area contributed by atoms with Crippen LogP contribution in [-0.2, 0) is 0 Å². The number of alkyl halides is 3. The molecule has 0 saturated heterocycles. The van der Waals surface area contributed by atoms with E-state index in [9.17, 15) is 23.7 Å². The molecule has 0 aliphatic heterocycles. The Morgan fingerprint density at radius 1 is 0.943 bits per heavy atom. The molecule has 0 amide bonds. The largest absolute Gasteiger partial charge is 0.573 e. The van der Waals surface area contributed by atoms with Gasteiger partial charge >= 0.3 is 6.36 Å². The van der Waals surface area contributed by atoms with Crippen LogP contribution in [0.2, 0.25) is 0 Å². The molecule has 0 fully saturated rings. The van der Waals surface area contributed by atoms with Crippen molar-refractivity contribution in [2.75, 3.05) is 0 Å². The molecule has 0 unspecified atom stereocenters. The Morgan fingerprint density at radius 2 is 1.46 bits per heavy atom. The first-order chi connectivity index (χ1) is 16.7. The van der Waals surface area contributed by atoms with Crippen LogP contribution in [0.3, 0.4) is 0 Å². The summed E-state index contributed by atoms with van der Waals surface area (Å²) >= 11 is 1.14. The molecule has 5 rings (SSSR count). The fraction of sp³-hybridized carbons (Fsp3) is 0.0833. The lowest BCUT2D eigenvalue weighted by atomic mass is 10.1. The first kappa shape index (κ1) is 21.9. The first-order valence-corrected chi connectivity index (χ1v) is 10.5. The van der Waals surface area contributed by atoms with Crippen LogP contribution in [-0.4, -0.2) is 16.3 Å². The molecule has 166 valence electrons. The predicted octanol–water partition coefficient (Wildman–Crippen LogP) is 6.11. The average Bonchev–Trinajstić information content (AvgIpc) is 3.41. The molecule has 11 heteroatoms. The summed E-state index contributed by atoms with van der Waals surface area (Å²) in [4.78, 5) is 16.3.